The van der Waals surface area contributed by atoms with Crippen molar-refractivity contribution in [2.75, 3.05) is 29.0 Å². The zero-order valence-corrected chi connectivity index (χ0v) is 20.1. The van der Waals surface area contributed by atoms with Crippen LogP contribution in [0.25, 0.3) is 0 Å². The molecule has 0 aliphatic carbocycles. The van der Waals surface area contributed by atoms with Crippen LogP contribution in [0.5, 0.6) is 0 Å². The van der Waals surface area contributed by atoms with Crippen LogP contribution < -0.4 is 9.62 Å². The van der Waals surface area contributed by atoms with Crippen LogP contribution in [0, 0.1) is 6.92 Å². The maximum absolute atomic E-state index is 12.8. The molecule has 1 saturated heterocycles. The number of carbonyl (C=O) groups excluding carboxylic acids is 1. The summed E-state index contributed by atoms with van der Waals surface area (Å²) in [7, 11) is -7.28. The van der Waals surface area contributed by atoms with Gasteiger partial charge in [0, 0.05) is 18.8 Å². The molecule has 8 nitrogen and oxygen atoms in total. The quantitative estimate of drug-likeness (QED) is 0.658. The van der Waals surface area contributed by atoms with E-state index in [0.717, 1.165) is 35.4 Å². The largest absolute Gasteiger partial charge is 0.324 e. The van der Waals surface area contributed by atoms with Crippen molar-refractivity contribution in [3.8, 4) is 0 Å². The number of benzene rings is 2. The summed E-state index contributed by atoms with van der Waals surface area (Å²) in [5, 5.41) is 2.68. The number of rotatable bonds is 7. The topological polar surface area (TPSA) is 104 Å². The van der Waals surface area contributed by atoms with Crippen molar-refractivity contribution in [3.05, 3.63) is 54.1 Å². The molecule has 2 aromatic carbocycles. The van der Waals surface area contributed by atoms with E-state index in [9.17, 15) is 21.6 Å². The predicted molar refractivity (Wildman–Crippen MR) is 126 cm³/mol. The molecule has 1 aliphatic rings. The standard InChI is InChI=1S/C22H29N3O5S2/c1-17-7-11-20(12-8-17)25(31(3,27)28)18(2)22(26)23-19-9-13-21(14-10-19)32(29,30)24-15-5-4-6-16-24/h7-14,18H,4-6,15-16H2,1-3H3,(H,23,26)/t18-/m1/s1. The zero-order valence-electron chi connectivity index (χ0n) is 18.5. The second-order valence-corrected chi connectivity index (χ2v) is 11.8. The van der Waals surface area contributed by atoms with E-state index in [4.69, 9.17) is 0 Å². The van der Waals surface area contributed by atoms with Gasteiger partial charge in [0.25, 0.3) is 0 Å². The molecule has 32 heavy (non-hydrogen) atoms. The van der Waals surface area contributed by atoms with Gasteiger partial charge in [-0.25, -0.2) is 16.8 Å². The third-order valence-corrected chi connectivity index (χ3v) is 8.61. The number of piperidine rings is 1. The fraction of sp³-hybridized carbons (Fsp3) is 0.409. The highest BCUT2D eigenvalue weighted by molar-refractivity contribution is 7.92. The van der Waals surface area contributed by atoms with Gasteiger partial charge in [-0.15, -0.1) is 0 Å². The first kappa shape index (κ1) is 24.2. The van der Waals surface area contributed by atoms with Gasteiger partial charge in [-0.3, -0.25) is 9.10 Å². The fourth-order valence-corrected chi connectivity index (χ4v) is 6.40. The molecule has 1 N–H and O–H groups in total. The van der Waals surface area contributed by atoms with Gasteiger partial charge >= 0.3 is 0 Å². The lowest BCUT2D eigenvalue weighted by Crippen LogP contribution is -2.45. The van der Waals surface area contributed by atoms with Crippen molar-refractivity contribution in [2.24, 2.45) is 0 Å². The molecule has 0 spiro atoms. The average Bonchev–Trinajstić information content (AvgIpc) is 2.75. The molecule has 0 unspecified atom stereocenters. The number of sulfonamides is 2. The summed E-state index contributed by atoms with van der Waals surface area (Å²) in [6.45, 7) is 4.42. The van der Waals surface area contributed by atoms with Gasteiger partial charge in [0.05, 0.1) is 16.8 Å². The molecule has 1 fully saturated rings. The first-order valence-electron chi connectivity index (χ1n) is 10.5. The van der Waals surface area contributed by atoms with E-state index >= 15 is 0 Å². The Hall–Kier alpha value is -2.43. The fourth-order valence-electron chi connectivity index (χ4n) is 3.71. The molecule has 1 atom stereocenters. The molecular weight excluding hydrogens is 450 g/mol. The van der Waals surface area contributed by atoms with Crippen molar-refractivity contribution in [1.82, 2.24) is 4.31 Å². The summed E-state index contributed by atoms with van der Waals surface area (Å²) in [4.78, 5) is 13.0. The maximum Gasteiger partial charge on any atom is 0.247 e. The smallest absolute Gasteiger partial charge is 0.247 e. The van der Waals surface area contributed by atoms with E-state index in [0.29, 0.717) is 24.5 Å². The Morgan fingerprint density at radius 2 is 1.50 bits per heavy atom. The van der Waals surface area contributed by atoms with Crippen molar-refractivity contribution in [1.29, 1.82) is 0 Å². The Morgan fingerprint density at radius 1 is 0.938 bits per heavy atom. The highest BCUT2D eigenvalue weighted by Crippen LogP contribution is 2.24. The summed E-state index contributed by atoms with van der Waals surface area (Å²) in [6.07, 6.45) is 3.78. The second kappa shape index (κ2) is 9.60. The Kier molecular flexibility index (Phi) is 7.26. The summed E-state index contributed by atoms with van der Waals surface area (Å²) >= 11 is 0. The number of nitrogens with zero attached hydrogens (tertiary/aromatic N) is 2. The number of anilines is 2. The normalized spacial score (nSPS) is 16.3. The number of carbonyl (C=O) groups is 1. The third-order valence-electron chi connectivity index (χ3n) is 5.45. The predicted octanol–water partition coefficient (Wildman–Crippen LogP) is 2.96. The monoisotopic (exact) mass is 479 g/mol. The second-order valence-electron chi connectivity index (χ2n) is 8.05. The van der Waals surface area contributed by atoms with Crippen LogP contribution in [-0.2, 0) is 24.8 Å². The Labute approximate surface area is 190 Å². The lowest BCUT2D eigenvalue weighted by molar-refractivity contribution is -0.116. The molecule has 1 amide bonds. The summed E-state index contributed by atoms with van der Waals surface area (Å²) < 4.78 is 52.9. The first-order chi connectivity index (χ1) is 15.0. The number of nitrogens with one attached hydrogen (secondary N) is 1. The van der Waals surface area contributed by atoms with E-state index in [1.54, 1.807) is 24.3 Å². The minimum atomic E-state index is -3.72. The zero-order chi connectivity index (χ0) is 23.5. The van der Waals surface area contributed by atoms with Crippen LogP contribution in [-0.4, -0.2) is 52.4 Å². The van der Waals surface area contributed by atoms with Crippen LogP contribution in [0.15, 0.2) is 53.4 Å². The molecule has 0 bridgehead atoms. The summed E-state index contributed by atoms with van der Waals surface area (Å²) in [5.41, 5.74) is 1.75. The van der Waals surface area contributed by atoms with Crippen LogP contribution in [0.2, 0.25) is 0 Å². The SMILES string of the molecule is Cc1ccc(N([C@H](C)C(=O)Nc2ccc(S(=O)(=O)N3CCCCC3)cc2)S(C)(=O)=O)cc1. The van der Waals surface area contributed by atoms with Crippen molar-refractivity contribution < 1.29 is 21.6 Å². The van der Waals surface area contributed by atoms with Crippen LogP contribution in [0.4, 0.5) is 11.4 Å². The summed E-state index contributed by atoms with van der Waals surface area (Å²) in [5.74, 6) is -0.525. The maximum atomic E-state index is 12.8. The number of hydrogen-bond donors (Lipinski definition) is 1. The molecule has 0 aromatic heterocycles. The minimum absolute atomic E-state index is 0.169. The van der Waals surface area contributed by atoms with Gasteiger partial charge < -0.3 is 5.32 Å². The van der Waals surface area contributed by atoms with Gasteiger partial charge in [-0.1, -0.05) is 24.1 Å². The highest BCUT2D eigenvalue weighted by Gasteiger charge is 2.29. The molecule has 0 saturated carbocycles. The summed E-state index contributed by atoms with van der Waals surface area (Å²) in [6, 6.07) is 11.8. The van der Waals surface area contributed by atoms with Gasteiger partial charge in [0.1, 0.15) is 6.04 Å². The highest BCUT2D eigenvalue weighted by atomic mass is 32.2. The van der Waals surface area contributed by atoms with Crippen molar-refractivity contribution >= 4 is 37.3 Å². The molecule has 174 valence electrons. The van der Waals surface area contributed by atoms with Crippen molar-refractivity contribution in [3.63, 3.8) is 0 Å². The lowest BCUT2D eigenvalue weighted by atomic mass is 10.2. The molecule has 3 rings (SSSR count). The Bertz CT molecular complexity index is 1160. The minimum Gasteiger partial charge on any atom is -0.324 e. The lowest BCUT2D eigenvalue weighted by Gasteiger charge is -2.28. The Morgan fingerprint density at radius 3 is 2.03 bits per heavy atom. The first-order valence-corrected chi connectivity index (χ1v) is 13.8. The molecule has 1 heterocycles. The van der Waals surface area contributed by atoms with E-state index in [1.807, 2.05) is 6.92 Å². The van der Waals surface area contributed by atoms with Gasteiger partial charge in [-0.2, -0.15) is 4.31 Å². The van der Waals surface area contributed by atoms with Gasteiger partial charge in [0.2, 0.25) is 26.0 Å². The number of aryl methyl sites for hydroxylation is 1. The molecule has 10 heteroatoms. The van der Waals surface area contributed by atoms with E-state index in [-0.39, 0.29) is 4.90 Å². The van der Waals surface area contributed by atoms with Crippen LogP contribution in [0.1, 0.15) is 31.7 Å². The van der Waals surface area contributed by atoms with E-state index in [2.05, 4.69) is 5.32 Å². The van der Waals surface area contributed by atoms with Crippen LogP contribution >= 0.6 is 0 Å². The Balaban J connectivity index is 1.76. The van der Waals surface area contributed by atoms with Crippen molar-refractivity contribution in [2.45, 2.75) is 44.0 Å². The van der Waals surface area contributed by atoms with E-state index < -0.39 is 32.0 Å². The third kappa shape index (κ3) is 5.48. The van der Waals surface area contributed by atoms with Gasteiger partial charge in [0.15, 0.2) is 0 Å². The van der Waals surface area contributed by atoms with E-state index in [1.165, 1.54) is 35.5 Å². The number of amides is 1. The molecular formula is C22H29N3O5S2. The molecule has 0 radical (unpaired) electrons. The van der Waals surface area contributed by atoms with Crippen LogP contribution in [0.3, 0.4) is 0 Å². The average molecular weight is 480 g/mol. The molecule has 2 aromatic rings. The molecule has 1 aliphatic heterocycles. The van der Waals surface area contributed by atoms with Gasteiger partial charge in [-0.05, 0) is 63.1 Å². The number of hydrogen-bond acceptors (Lipinski definition) is 5.